The predicted molar refractivity (Wildman–Crippen MR) is 119 cm³/mol. The average molecular weight is 458 g/mol. The minimum Gasteiger partial charge on any atom is -0.466 e. The van der Waals surface area contributed by atoms with E-state index in [1.54, 1.807) is 42.5 Å². The lowest BCUT2D eigenvalue weighted by molar-refractivity contribution is -0.146. The molecule has 2 aromatic carbocycles. The summed E-state index contributed by atoms with van der Waals surface area (Å²) in [5.41, 5.74) is 0.705. The van der Waals surface area contributed by atoms with Crippen molar-refractivity contribution in [3.05, 3.63) is 60.2 Å². The lowest BCUT2D eigenvalue weighted by Crippen LogP contribution is -2.41. The molecule has 1 unspecified atom stereocenters. The lowest BCUT2D eigenvalue weighted by atomic mass is 9.79. The Bertz CT molecular complexity index is 1080. The van der Waals surface area contributed by atoms with E-state index in [1.807, 2.05) is 12.1 Å². The van der Waals surface area contributed by atoms with Crippen molar-refractivity contribution in [1.82, 2.24) is 0 Å². The molecule has 0 N–H and O–H groups in total. The number of anilines is 1. The van der Waals surface area contributed by atoms with E-state index in [9.17, 15) is 18.0 Å². The first kappa shape index (κ1) is 22.3. The molecule has 170 valence electrons. The van der Waals surface area contributed by atoms with E-state index in [-0.39, 0.29) is 49.4 Å². The van der Waals surface area contributed by atoms with Crippen molar-refractivity contribution in [2.75, 3.05) is 24.1 Å². The number of cyclic esters (lactones) is 2. The fourth-order valence-corrected chi connectivity index (χ4v) is 6.02. The van der Waals surface area contributed by atoms with Gasteiger partial charge >= 0.3 is 11.9 Å². The quantitative estimate of drug-likeness (QED) is 0.641. The number of hydrogen-bond donors (Lipinski definition) is 0. The number of para-hydroxylation sites is 1. The number of hydrogen-bond acceptors (Lipinski definition) is 6. The molecule has 2 heterocycles. The zero-order valence-electron chi connectivity index (χ0n) is 17.9. The summed E-state index contributed by atoms with van der Waals surface area (Å²) in [7, 11) is -3.80. The Balaban J connectivity index is 1.69. The van der Waals surface area contributed by atoms with Gasteiger partial charge in [-0.3, -0.25) is 13.9 Å². The third kappa shape index (κ3) is 4.50. The summed E-state index contributed by atoms with van der Waals surface area (Å²) in [6, 6.07) is 15.7. The molecule has 0 aliphatic carbocycles. The Morgan fingerprint density at radius 3 is 2.22 bits per heavy atom. The fraction of sp³-hybridized carbons (Fsp3) is 0.417. The Morgan fingerprint density at radius 2 is 1.47 bits per heavy atom. The average Bonchev–Trinajstić information content (AvgIpc) is 3.14. The van der Waals surface area contributed by atoms with Gasteiger partial charge < -0.3 is 9.47 Å². The molecular weight excluding hydrogens is 430 g/mol. The normalized spacial score (nSPS) is 22.8. The van der Waals surface area contributed by atoms with Crippen molar-refractivity contribution in [2.45, 2.75) is 48.8 Å². The van der Waals surface area contributed by atoms with Crippen LogP contribution < -0.4 is 4.31 Å². The molecule has 8 heteroatoms. The van der Waals surface area contributed by atoms with E-state index >= 15 is 0 Å². The molecule has 4 rings (SSSR count). The van der Waals surface area contributed by atoms with Crippen LogP contribution in [0.1, 0.15) is 44.1 Å². The minimum atomic E-state index is -3.80. The van der Waals surface area contributed by atoms with Crippen molar-refractivity contribution >= 4 is 27.6 Å². The fourth-order valence-electron chi connectivity index (χ4n) is 4.43. The third-order valence-electron chi connectivity index (χ3n) is 6.11. The second kappa shape index (κ2) is 9.32. The van der Waals surface area contributed by atoms with E-state index in [1.165, 1.54) is 4.31 Å². The van der Waals surface area contributed by atoms with Crippen LogP contribution in [-0.2, 0) is 34.5 Å². The summed E-state index contributed by atoms with van der Waals surface area (Å²) in [5.74, 6) is -0.606. The predicted octanol–water partition coefficient (Wildman–Crippen LogP) is 3.57. The number of carbonyl (C=O) groups excluding carboxylic acids is 2. The first-order valence-electron chi connectivity index (χ1n) is 10.9. The van der Waals surface area contributed by atoms with Crippen molar-refractivity contribution in [3.63, 3.8) is 0 Å². The minimum absolute atomic E-state index is 0.0810. The van der Waals surface area contributed by atoms with Crippen LogP contribution in [0.2, 0.25) is 0 Å². The van der Waals surface area contributed by atoms with Gasteiger partial charge in [-0.05, 0) is 49.4 Å². The van der Waals surface area contributed by atoms with E-state index in [0.29, 0.717) is 31.4 Å². The van der Waals surface area contributed by atoms with Crippen LogP contribution in [0.25, 0.3) is 0 Å². The van der Waals surface area contributed by atoms with E-state index in [2.05, 4.69) is 0 Å². The highest BCUT2D eigenvalue weighted by Crippen LogP contribution is 2.46. The highest BCUT2D eigenvalue weighted by atomic mass is 32.2. The molecular formula is C24H27NO6S. The number of ether oxygens (including phenoxy) is 2. The summed E-state index contributed by atoms with van der Waals surface area (Å²) in [5, 5.41) is 0. The second-order valence-electron chi connectivity index (χ2n) is 8.31. The number of nitrogens with zero attached hydrogens (tertiary/aromatic N) is 1. The number of carbonyl (C=O) groups is 2. The summed E-state index contributed by atoms with van der Waals surface area (Å²) in [6.07, 6.45) is 2.68. The number of benzene rings is 2. The molecule has 1 saturated heterocycles. The van der Waals surface area contributed by atoms with Gasteiger partial charge in [0, 0.05) is 19.4 Å². The molecule has 0 saturated carbocycles. The number of fused-ring (bicyclic) bond motifs is 2. The number of rotatable bonds is 2. The Hall–Kier alpha value is -2.87. The maximum Gasteiger partial charge on any atom is 0.305 e. The first-order chi connectivity index (χ1) is 15.4. The van der Waals surface area contributed by atoms with E-state index in [0.717, 1.165) is 5.56 Å². The van der Waals surface area contributed by atoms with Crippen LogP contribution >= 0.6 is 0 Å². The Kier molecular flexibility index (Phi) is 6.50. The zero-order chi connectivity index (χ0) is 22.6. The van der Waals surface area contributed by atoms with Gasteiger partial charge in [-0.25, -0.2) is 8.42 Å². The maximum atomic E-state index is 13.5. The largest absolute Gasteiger partial charge is 0.466 e. The molecule has 1 spiro atoms. The van der Waals surface area contributed by atoms with Crippen LogP contribution in [0, 0.1) is 0 Å². The van der Waals surface area contributed by atoms with Crippen molar-refractivity contribution in [3.8, 4) is 0 Å². The van der Waals surface area contributed by atoms with Crippen molar-refractivity contribution in [1.29, 1.82) is 0 Å². The highest BCUT2D eigenvalue weighted by Gasteiger charge is 2.47. The van der Waals surface area contributed by atoms with Crippen LogP contribution in [-0.4, -0.2) is 40.1 Å². The smallest absolute Gasteiger partial charge is 0.305 e. The summed E-state index contributed by atoms with van der Waals surface area (Å²) >= 11 is 0. The maximum absolute atomic E-state index is 13.5. The van der Waals surface area contributed by atoms with E-state index < -0.39 is 15.4 Å². The van der Waals surface area contributed by atoms with Gasteiger partial charge in [0.15, 0.2) is 0 Å². The molecule has 1 atom stereocenters. The Labute approximate surface area is 188 Å². The third-order valence-corrected chi connectivity index (χ3v) is 7.88. The van der Waals surface area contributed by atoms with Crippen LogP contribution in [0.4, 0.5) is 5.69 Å². The molecule has 2 aliphatic heterocycles. The number of sulfonamides is 1. The zero-order valence-corrected chi connectivity index (χ0v) is 18.7. The van der Waals surface area contributed by atoms with Gasteiger partial charge in [-0.2, -0.15) is 0 Å². The molecule has 2 aromatic rings. The topological polar surface area (TPSA) is 90.0 Å². The van der Waals surface area contributed by atoms with Crippen molar-refractivity contribution < 1.29 is 27.5 Å². The van der Waals surface area contributed by atoms with Gasteiger partial charge in [0.1, 0.15) is 6.61 Å². The number of esters is 2. The van der Waals surface area contributed by atoms with Gasteiger partial charge in [0.05, 0.1) is 22.6 Å². The molecule has 0 aromatic heterocycles. The van der Waals surface area contributed by atoms with Crippen LogP contribution in [0.15, 0.2) is 59.5 Å². The molecule has 1 fully saturated rings. The first-order valence-corrected chi connectivity index (χ1v) is 12.3. The standard InChI is InChI=1S/C24H27NO6S/c26-22-13-6-7-14-23(27)31-18-24(15-8-16-30-22)17-25(21-12-5-4-11-20(21)24)32(28,29)19-9-2-1-3-10-19/h1-5,9-12H,6-8,13-18H2. The van der Waals surface area contributed by atoms with Crippen molar-refractivity contribution in [2.24, 2.45) is 0 Å². The molecule has 0 radical (unpaired) electrons. The van der Waals surface area contributed by atoms with Gasteiger partial charge in [0.2, 0.25) is 0 Å². The Morgan fingerprint density at radius 1 is 0.812 bits per heavy atom. The lowest BCUT2D eigenvalue weighted by Gasteiger charge is -2.30. The van der Waals surface area contributed by atoms with E-state index in [4.69, 9.17) is 9.47 Å². The van der Waals surface area contributed by atoms with Gasteiger partial charge in [-0.15, -0.1) is 0 Å². The summed E-state index contributed by atoms with van der Waals surface area (Å²) in [6.45, 7) is 0.491. The molecule has 2 aliphatic rings. The molecule has 7 nitrogen and oxygen atoms in total. The summed E-state index contributed by atoms with van der Waals surface area (Å²) < 4.78 is 39.4. The molecule has 32 heavy (non-hydrogen) atoms. The SMILES string of the molecule is O=C1CCCCC(=O)OCC2(CCCO1)CN(S(=O)(=O)c1ccccc1)c1ccccc12. The van der Waals surface area contributed by atoms with Crippen LogP contribution in [0.3, 0.4) is 0 Å². The molecule has 0 bridgehead atoms. The second-order valence-corrected chi connectivity index (χ2v) is 10.2. The highest BCUT2D eigenvalue weighted by molar-refractivity contribution is 7.92. The van der Waals surface area contributed by atoms with Crippen LogP contribution in [0.5, 0.6) is 0 Å². The monoisotopic (exact) mass is 457 g/mol. The van der Waals surface area contributed by atoms with Gasteiger partial charge in [0.25, 0.3) is 10.0 Å². The molecule has 0 amide bonds. The summed E-state index contributed by atoms with van der Waals surface area (Å²) in [4.78, 5) is 24.5. The van der Waals surface area contributed by atoms with Gasteiger partial charge in [-0.1, -0.05) is 36.4 Å².